The number of morpholine rings is 1. The maximum absolute atomic E-state index is 13.2. The molecule has 2 aromatic carbocycles. The topological polar surface area (TPSA) is 50.6 Å². The van der Waals surface area contributed by atoms with Gasteiger partial charge in [-0.25, -0.2) is 0 Å². The second kappa shape index (κ2) is 9.35. The van der Waals surface area contributed by atoms with E-state index in [0.717, 1.165) is 41.3 Å². The number of aromatic nitrogens is 2. The van der Waals surface area contributed by atoms with E-state index in [2.05, 4.69) is 36.1 Å². The first-order valence-electron chi connectivity index (χ1n) is 10.9. The zero-order valence-electron chi connectivity index (χ0n) is 18.5. The Balaban J connectivity index is 1.63. The maximum Gasteiger partial charge on any atom is 0.248 e. The molecule has 0 unspecified atom stereocenters. The van der Waals surface area contributed by atoms with Crippen molar-refractivity contribution in [1.29, 1.82) is 0 Å². The van der Waals surface area contributed by atoms with Gasteiger partial charge in [0, 0.05) is 37.1 Å². The van der Waals surface area contributed by atoms with Crippen molar-refractivity contribution in [3.63, 3.8) is 0 Å². The van der Waals surface area contributed by atoms with Gasteiger partial charge in [-0.3, -0.25) is 9.48 Å². The minimum Gasteiger partial charge on any atom is -0.378 e. The van der Waals surface area contributed by atoms with Crippen molar-refractivity contribution in [1.82, 2.24) is 9.78 Å². The maximum atomic E-state index is 13.2. The fourth-order valence-electron chi connectivity index (χ4n) is 3.96. The molecule has 2 heterocycles. The van der Waals surface area contributed by atoms with E-state index in [0.29, 0.717) is 19.8 Å². The van der Waals surface area contributed by atoms with E-state index in [-0.39, 0.29) is 12.5 Å². The van der Waals surface area contributed by atoms with E-state index in [1.165, 1.54) is 5.56 Å². The number of ether oxygens (including phenoxy) is 1. The van der Waals surface area contributed by atoms with E-state index in [9.17, 15) is 4.79 Å². The van der Waals surface area contributed by atoms with Crippen molar-refractivity contribution < 1.29 is 9.53 Å². The molecule has 162 valence electrons. The molecule has 1 fully saturated rings. The second-order valence-corrected chi connectivity index (χ2v) is 8.01. The van der Waals surface area contributed by atoms with E-state index in [4.69, 9.17) is 9.84 Å². The van der Waals surface area contributed by atoms with Crippen LogP contribution in [0.5, 0.6) is 0 Å². The molecule has 0 radical (unpaired) electrons. The third kappa shape index (κ3) is 4.80. The number of aryl methyl sites for hydroxylation is 2. The Kier molecular flexibility index (Phi) is 6.37. The van der Waals surface area contributed by atoms with Crippen LogP contribution in [0, 0.1) is 13.8 Å². The van der Waals surface area contributed by atoms with Gasteiger partial charge in [0.1, 0.15) is 6.54 Å². The predicted molar refractivity (Wildman–Crippen MR) is 125 cm³/mol. The van der Waals surface area contributed by atoms with Gasteiger partial charge in [-0.2, -0.15) is 5.10 Å². The van der Waals surface area contributed by atoms with Crippen LogP contribution in [0.3, 0.4) is 0 Å². The van der Waals surface area contributed by atoms with Gasteiger partial charge in [-0.05, 0) is 44.0 Å². The van der Waals surface area contributed by atoms with Gasteiger partial charge in [0.2, 0.25) is 5.91 Å². The third-order valence-corrected chi connectivity index (χ3v) is 5.64. The number of benzene rings is 2. The molecule has 1 aliphatic heterocycles. The normalized spacial score (nSPS) is 14.0. The molecule has 1 saturated heterocycles. The highest BCUT2D eigenvalue weighted by molar-refractivity contribution is 5.93. The Hall–Kier alpha value is -3.12. The third-order valence-electron chi connectivity index (χ3n) is 5.64. The van der Waals surface area contributed by atoms with Gasteiger partial charge >= 0.3 is 0 Å². The standard InChI is InChI=1S/C25H30N4O2/c1-4-29(22-7-5-6-20(3)16-22)24(30)18-28-17-23(21-10-8-19(2)9-11-21)25(26-28)27-12-14-31-15-13-27/h5-11,16-17H,4,12-15,18H2,1-3H3. The lowest BCUT2D eigenvalue weighted by molar-refractivity contribution is -0.119. The van der Waals surface area contributed by atoms with Crippen molar-refractivity contribution in [3.8, 4) is 11.1 Å². The highest BCUT2D eigenvalue weighted by Gasteiger charge is 2.22. The van der Waals surface area contributed by atoms with Gasteiger partial charge < -0.3 is 14.5 Å². The van der Waals surface area contributed by atoms with Crippen LogP contribution in [0.25, 0.3) is 11.1 Å². The molecule has 0 saturated carbocycles. The van der Waals surface area contributed by atoms with Gasteiger partial charge in [-0.1, -0.05) is 42.0 Å². The highest BCUT2D eigenvalue weighted by atomic mass is 16.5. The highest BCUT2D eigenvalue weighted by Crippen LogP contribution is 2.30. The summed E-state index contributed by atoms with van der Waals surface area (Å²) < 4.78 is 7.30. The summed E-state index contributed by atoms with van der Waals surface area (Å²) >= 11 is 0. The van der Waals surface area contributed by atoms with Crippen LogP contribution in [-0.2, 0) is 16.1 Å². The van der Waals surface area contributed by atoms with Crippen molar-refractivity contribution in [2.24, 2.45) is 0 Å². The summed E-state index contributed by atoms with van der Waals surface area (Å²) in [6, 6.07) is 16.5. The summed E-state index contributed by atoms with van der Waals surface area (Å²) in [5, 5.41) is 4.84. The fourth-order valence-corrected chi connectivity index (χ4v) is 3.96. The molecule has 0 bridgehead atoms. The molecule has 0 N–H and O–H groups in total. The second-order valence-electron chi connectivity index (χ2n) is 8.01. The molecule has 4 rings (SSSR count). The minimum atomic E-state index is 0.0274. The smallest absolute Gasteiger partial charge is 0.248 e. The van der Waals surface area contributed by atoms with Crippen LogP contribution in [0.15, 0.2) is 54.7 Å². The van der Waals surface area contributed by atoms with Crippen molar-refractivity contribution in [2.45, 2.75) is 27.3 Å². The molecule has 1 aliphatic rings. The van der Waals surface area contributed by atoms with E-state index in [1.54, 1.807) is 4.68 Å². The predicted octanol–water partition coefficient (Wildman–Crippen LogP) is 4.06. The molecule has 0 spiro atoms. The van der Waals surface area contributed by atoms with Crippen LogP contribution >= 0.6 is 0 Å². The monoisotopic (exact) mass is 418 g/mol. The quantitative estimate of drug-likeness (QED) is 0.606. The molecule has 0 aliphatic carbocycles. The summed E-state index contributed by atoms with van der Waals surface area (Å²) in [7, 11) is 0. The summed E-state index contributed by atoms with van der Waals surface area (Å²) in [6.07, 6.45) is 2.00. The number of amides is 1. The Labute approximate surface area is 184 Å². The lowest BCUT2D eigenvalue weighted by atomic mass is 10.1. The number of rotatable bonds is 6. The average molecular weight is 419 g/mol. The number of nitrogens with zero attached hydrogens (tertiary/aromatic N) is 4. The molecule has 31 heavy (non-hydrogen) atoms. The van der Waals surface area contributed by atoms with Crippen LogP contribution < -0.4 is 9.80 Å². The van der Waals surface area contributed by atoms with Crippen molar-refractivity contribution in [3.05, 3.63) is 65.9 Å². The number of carbonyl (C=O) groups excluding carboxylic acids is 1. The van der Waals surface area contributed by atoms with Gasteiger partial charge in [0.15, 0.2) is 5.82 Å². The van der Waals surface area contributed by atoms with E-state index < -0.39 is 0 Å². The molecular formula is C25H30N4O2. The molecule has 6 nitrogen and oxygen atoms in total. The van der Waals surface area contributed by atoms with Gasteiger partial charge in [0.25, 0.3) is 0 Å². The van der Waals surface area contributed by atoms with Gasteiger partial charge in [-0.15, -0.1) is 0 Å². The number of hydrogen-bond donors (Lipinski definition) is 0. The molecule has 0 atom stereocenters. The first kappa shape index (κ1) is 21.1. The summed E-state index contributed by atoms with van der Waals surface area (Å²) in [5.41, 5.74) is 5.44. The number of likely N-dealkylation sites (N-methyl/N-ethyl adjacent to an activating group) is 1. The lowest BCUT2D eigenvalue weighted by Crippen LogP contribution is -2.37. The van der Waals surface area contributed by atoms with E-state index in [1.807, 2.05) is 49.2 Å². The fraction of sp³-hybridized carbons (Fsp3) is 0.360. The number of carbonyl (C=O) groups is 1. The Morgan fingerprint density at radius 1 is 1.06 bits per heavy atom. The number of hydrogen-bond acceptors (Lipinski definition) is 4. The molecule has 6 heteroatoms. The first-order valence-corrected chi connectivity index (χ1v) is 10.9. The zero-order valence-corrected chi connectivity index (χ0v) is 18.5. The average Bonchev–Trinajstić information content (AvgIpc) is 3.19. The lowest BCUT2D eigenvalue weighted by Gasteiger charge is -2.27. The summed E-state index contributed by atoms with van der Waals surface area (Å²) in [4.78, 5) is 17.2. The first-order chi connectivity index (χ1) is 15.0. The Bertz CT molecular complexity index is 1040. The molecule has 1 aromatic heterocycles. The molecule has 3 aromatic rings. The van der Waals surface area contributed by atoms with Crippen molar-refractivity contribution in [2.75, 3.05) is 42.6 Å². The van der Waals surface area contributed by atoms with Crippen LogP contribution in [0.1, 0.15) is 18.1 Å². The van der Waals surface area contributed by atoms with E-state index >= 15 is 0 Å². The van der Waals surface area contributed by atoms with Crippen LogP contribution in [0.2, 0.25) is 0 Å². The summed E-state index contributed by atoms with van der Waals surface area (Å²) in [6.45, 7) is 9.92. The Morgan fingerprint density at radius 2 is 1.81 bits per heavy atom. The van der Waals surface area contributed by atoms with Crippen LogP contribution in [-0.4, -0.2) is 48.5 Å². The Morgan fingerprint density at radius 3 is 2.48 bits per heavy atom. The number of anilines is 2. The minimum absolute atomic E-state index is 0.0274. The largest absolute Gasteiger partial charge is 0.378 e. The molecule has 1 amide bonds. The SMILES string of the molecule is CCN(C(=O)Cn1cc(-c2ccc(C)cc2)c(N2CCOCC2)n1)c1cccc(C)c1. The van der Waals surface area contributed by atoms with Crippen LogP contribution in [0.4, 0.5) is 11.5 Å². The zero-order chi connectivity index (χ0) is 21.8. The van der Waals surface area contributed by atoms with Crippen molar-refractivity contribution >= 4 is 17.4 Å². The summed E-state index contributed by atoms with van der Waals surface area (Å²) in [5.74, 6) is 0.943. The van der Waals surface area contributed by atoms with Gasteiger partial charge in [0.05, 0.1) is 13.2 Å². The molecular weight excluding hydrogens is 388 g/mol.